The van der Waals surface area contributed by atoms with Crippen molar-refractivity contribution in [3.63, 3.8) is 0 Å². The first-order valence-electron chi connectivity index (χ1n) is 17.5. The second kappa shape index (κ2) is 19.4. The van der Waals surface area contributed by atoms with Gasteiger partial charge in [0.15, 0.2) is 11.6 Å². The van der Waals surface area contributed by atoms with Gasteiger partial charge in [0, 0.05) is 13.8 Å². The fourth-order valence-corrected chi connectivity index (χ4v) is 7.40. The lowest BCUT2D eigenvalue weighted by molar-refractivity contribution is -0.125. The van der Waals surface area contributed by atoms with Crippen LogP contribution in [0.5, 0.6) is 0 Å². The van der Waals surface area contributed by atoms with E-state index in [1.807, 2.05) is 140 Å². The summed E-state index contributed by atoms with van der Waals surface area (Å²) in [6.07, 6.45) is 26.4. The molecule has 9 nitrogen and oxygen atoms in total. The van der Waals surface area contributed by atoms with Crippen LogP contribution in [0.3, 0.4) is 0 Å². The van der Waals surface area contributed by atoms with E-state index in [9.17, 15) is 28.5 Å². The lowest BCUT2D eigenvalue weighted by atomic mass is 9.71. The van der Waals surface area contributed by atoms with Crippen molar-refractivity contribution in [3.05, 3.63) is 130 Å². The van der Waals surface area contributed by atoms with E-state index >= 15 is 0 Å². The average Bonchev–Trinajstić information content (AvgIpc) is 3.03. The van der Waals surface area contributed by atoms with Gasteiger partial charge in [-0.15, -0.1) is 0 Å². The number of hydrogen-bond donors (Lipinski definition) is 2. The SMILES string of the molecule is COP(=O)(O)OC1CC(C)(C)C(/C=C/C(C)=C/C=C/C(C)=C/C=C/C=C(C)/C=C/C=C(C)/C=C/C2=C(C)C(=O)C(OP(C)(=O)O)CC2(C)C)=C(C)C1=O. The van der Waals surface area contributed by atoms with Crippen molar-refractivity contribution < 1.29 is 42.1 Å². The number of hydrogen-bond acceptors (Lipinski definition) is 7. The van der Waals surface area contributed by atoms with Crippen LogP contribution in [0.25, 0.3) is 0 Å². The van der Waals surface area contributed by atoms with E-state index in [1.165, 1.54) is 0 Å². The highest BCUT2D eigenvalue weighted by Gasteiger charge is 2.42. The minimum absolute atomic E-state index is 0.253. The molecule has 290 valence electrons. The monoisotopic (exact) mass is 768 g/mol. The van der Waals surface area contributed by atoms with Crippen molar-refractivity contribution in [1.82, 2.24) is 0 Å². The number of carbonyl (C=O) groups excluding carboxylic acids is 2. The maximum Gasteiger partial charge on any atom is 0.472 e. The molecule has 0 aliphatic heterocycles. The highest BCUT2D eigenvalue weighted by atomic mass is 31.2. The molecular weight excluding hydrogens is 710 g/mol. The van der Waals surface area contributed by atoms with Gasteiger partial charge in [-0.1, -0.05) is 135 Å². The summed E-state index contributed by atoms with van der Waals surface area (Å²) < 4.78 is 38.5. The van der Waals surface area contributed by atoms with E-state index in [2.05, 4.69) is 4.52 Å². The Morgan fingerprint density at radius 1 is 0.642 bits per heavy atom. The molecule has 0 heterocycles. The maximum absolute atomic E-state index is 12.9. The Kier molecular flexibility index (Phi) is 16.8. The highest BCUT2D eigenvalue weighted by Crippen LogP contribution is 2.49. The molecule has 0 radical (unpaired) electrons. The summed E-state index contributed by atoms with van der Waals surface area (Å²) >= 11 is 0. The van der Waals surface area contributed by atoms with Crippen LogP contribution in [0.15, 0.2) is 130 Å². The molecule has 0 aromatic rings. The smallest absolute Gasteiger partial charge is 0.324 e. The second-order valence-electron chi connectivity index (χ2n) is 15.0. The highest BCUT2D eigenvalue weighted by molar-refractivity contribution is 7.52. The molecule has 0 saturated heterocycles. The molecule has 0 fully saturated rings. The summed E-state index contributed by atoms with van der Waals surface area (Å²) in [5.74, 6) is -0.574. The molecule has 2 rings (SSSR count). The second-order valence-corrected chi connectivity index (χ2v) is 18.4. The Bertz CT molecular complexity index is 1850. The fraction of sp³-hybridized carbons (Fsp3) is 0.429. The predicted molar refractivity (Wildman–Crippen MR) is 215 cm³/mol. The molecule has 2 aliphatic rings. The Balaban J connectivity index is 2.00. The van der Waals surface area contributed by atoms with Crippen LogP contribution in [-0.2, 0) is 32.3 Å². The largest absolute Gasteiger partial charge is 0.472 e. The maximum atomic E-state index is 12.9. The summed E-state index contributed by atoms with van der Waals surface area (Å²) in [6, 6.07) is 0. The number of ketones is 2. The van der Waals surface area contributed by atoms with Crippen LogP contribution in [0.4, 0.5) is 0 Å². The van der Waals surface area contributed by atoms with Crippen molar-refractivity contribution in [2.45, 2.75) is 94.3 Å². The Morgan fingerprint density at radius 3 is 1.34 bits per heavy atom. The number of phosphoric acid groups is 1. The van der Waals surface area contributed by atoms with Gasteiger partial charge in [-0.25, -0.2) is 4.57 Å². The van der Waals surface area contributed by atoms with E-state index in [-0.39, 0.29) is 18.0 Å². The standard InChI is InChI=1S/C42H58O9P2/c1-29(19-15-21-31(3)23-25-35-33(5)39(43)37(27-41(35,7)8)50-52(12,45)46)17-13-14-18-30(2)20-16-22-32(4)24-26-36-34(6)40(44)38(28-42(36,9)10)51-53(47,48)49-11/h13-26,37-38H,27-28H2,1-12H3,(H,45,46)(H,47,48)/b14-13+,19-15+,20-16+,25-23+,26-24+,29-17+,30-18+,31-21+,32-22+. The third-order valence-electron chi connectivity index (χ3n) is 9.09. The minimum Gasteiger partial charge on any atom is -0.324 e. The molecule has 0 aromatic heterocycles. The summed E-state index contributed by atoms with van der Waals surface area (Å²) in [5.41, 5.74) is 6.09. The molecule has 0 spiro atoms. The van der Waals surface area contributed by atoms with E-state index in [4.69, 9.17) is 9.05 Å². The van der Waals surface area contributed by atoms with Gasteiger partial charge < -0.3 is 9.79 Å². The van der Waals surface area contributed by atoms with Gasteiger partial charge in [-0.05, 0) is 87.5 Å². The normalized spacial score (nSPS) is 24.9. The first-order chi connectivity index (χ1) is 24.4. The van der Waals surface area contributed by atoms with Crippen LogP contribution in [-0.4, -0.2) is 47.3 Å². The van der Waals surface area contributed by atoms with E-state index < -0.39 is 38.5 Å². The number of rotatable bonds is 15. The number of phosphoric ester groups is 1. The zero-order valence-corrected chi connectivity index (χ0v) is 35.1. The van der Waals surface area contributed by atoms with Crippen molar-refractivity contribution in [2.24, 2.45) is 10.8 Å². The summed E-state index contributed by atoms with van der Waals surface area (Å²) in [5, 5.41) is 0. The average molecular weight is 769 g/mol. The molecule has 2 N–H and O–H groups in total. The summed E-state index contributed by atoms with van der Waals surface area (Å²) in [7, 11) is -7.00. The van der Waals surface area contributed by atoms with Crippen molar-refractivity contribution in [2.75, 3.05) is 13.8 Å². The van der Waals surface area contributed by atoms with Crippen molar-refractivity contribution in [1.29, 1.82) is 0 Å². The van der Waals surface area contributed by atoms with E-state index in [0.717, 1.165) is 47.2 Å². The minimum atomic E-state index is -4.29. The van der Waals surface area contributed by atoms with Gasteiger partial charge in [-0.3, -0.25) is 27.7 Å². The van der Waals surface area contributed by atoms with Crippen LogP contribution >= 0.6 is 15.4 Å². The van der Waals surface area contributed by atoms with Gasteiger partial charge in [0.25, 0.3) is 0 Å². The number of allylic oxidation sites excluding steroid dienone is 20. The zero-order valence-electron chi connectivity index (χ0n) is 33.3. The Hall–Kier alpha value is -3.26. The molecule has 0 aromatic carbocycles. The Labute approximate surface area is 316 Å². The summed E-state index contributed by atoms with van der Waals surface area (Å²) in [4.78, 5) is 45.0. The molecular formula is C42H58O9P2. The zero-order chi connectivity index (χ0) is 40.4. The molecule has 0 saturated carbocycles. The van der Waals surface area contributed by atoms with Crippen molar-refractivity contribution >= 4 is 27.0 Å². The molecule has 53 heavy (non-hydrogen) atoms. The van der Waals surface area contributed by atoms with Crippen LogP contribution in [0.1, 0.15) is 82.1 Å². The lowest BCUT2D eigenvalue weighted by Gasteiger charge is -2.36. The molecule has 4 atom stereocenters. The van der Waals surface area contributed by atoms with Gasteiger partial charge >= 0.3 is 15.4 Å². The molecule has 4 unspecified atom stereocenters. The first-order valence-corrected chi connectivity index (χ1v) is 21.1. The molecule has 2 aliphatic carbocycles. The molecule has 11 heteroatoms. The number of carbonyl (C=O) groups is 2. The van der Waals surface area contributed by atoms with Gasteiger partial charge in [-0.2, -0.15) is 0 Å². The topological polar surface area (TPSA) is 136 Å². The van der Waals surface area contributed by atoms with Crippen LogP contribution in [0, 0.1) is 10.8 Å². The quantitative estimate of drug-likeness (QED) is 0.123. The third-order valence-corrected chi connectivity index (χ3v) is 10.7. The summed E-state index contributed by atoms with van der Waals surface area (Å²) in [6.45, 7) is 20.5. The fourth-order valence-electron chi connectivity index (χ4n) is 6.18. The van der Waals surface area contributed by atoms with Gasteiger partial charge in [0.2, 0.25) is 0 Å². The predicted octanol–water partition coefficient (Wildman–Crippen LogP) is 10.5. The molecule has 0 bridgehead atoms. The van der Waals surface area contributed by atoms with Crippen LogP contribution < -0.4 is 0 Å². The lowest BCUT2D eigenvalue weighted by Crippen LogP contribution is -2.37. The first kappa shape index (κ1) is 45.9. The van der Waals surface area contributed by atoms with Crippen LogP contribution in [0.2, 0.25) is 0 Å². The van der Waals surface area contributed by atoms with Gasteiger partial charge in [0.05, 0.1) is 0 Å². The van der Waals surface area contributed by atoms with E-state index in [1.54, 1.807) is 13.8 Å². The Morgan fingerprint density at radius 2 is 0.981 bits per heavy atom. The van der Waals surface area contributed by atoms with Crippen molar-refractivity contribution in [3.8, 4) is 0 Å². The van der Waals surface area contributed by atoms with E-state index in [0.29, 0.717) is 17.6 Å². The van der Waals surface area contributed by atoms with Gasteiger partial charge in [0.1, 0.15) is 12.2 Å². The molecule has 0 amide bonds. The third kappa shape index (κ3) is 14.8. The number of Topliss-reactive ketones (excluding diaryl/α,β-unsaturated/α-hetero) is 2.